The minimum atomic E-state index is -0.111. The number of ketones is 1. The Morgan fingerprint density at radius 2 is 1.83 bits per heavy atom. The van der Waals surface area contributed by atoms with E-state index in [0.29, 0.717) is 0 Å². The van der Waals surface area contributed by atoms with Crippen LogP contribution in [0.5, 0.6) is 11.5 Å². The van der Waals surface area contributed by atoms with Gasteiger partial charge in [0.05, 0.1) is 14.2 Å². The first-order valence-electron chi connectivity index (χ1n) is 10.6. The van der Waals surface area contributed by atoms with E-state index in [1.165, 1.54) is 16.7 Å². The molecule has 0 bridgehead atoms. The third-order valence-corrected chi connectivity index (χ3v) is 5.72. The van der Waals surface area contributed by atoms with Crippen molar-refractivity contribution in [3.63, 3.8) is 0 Å². The van der Waals surface area contributed by atoms with Crippen molar-refractivity contribution < 1.29 is 14.3 Å². The van der Waals surface area contributed by atoms with E-state index in [2.05, 4.69) is 35.4 Å². The summed E-state index contributed by atoms with van der Waals surface area (Å²) in [4.78, 5) is 12.2. The van der Waals surface area contributed by atoms with Crippen LogP contribution in [-0.2, 0) is 17.6 Å². The zero-order valence-corrected chi connectivity index (χ0v) is 18.5. The van der Waals surface area contributed by atoms with Crippen LogP contribution in [0, 0.1) is 0 Å². The maximum atomic E-state index is 12.2. The number of methoxy groups -OCH3 is 2. The predicted octanol–water partition coefficient (Wildman–Crippen LogP) is 4.66. The number of ether oxygens (including phenoxy) is 2. The average molecular weight is 409 g/mol. The summed E-state index contributed by atoms with van der Waals surface area (Å²) in [5.74, 6) is 1.69. The van der Waals surface area contributed by atoms with Crippen LogP contribution in [0.25, 0.3) is 0 Å². The Labute approximate surface area is 179 Å². The molecule has 2 aromatic rings. The van der Waals surface area contributed by atoms with E-state index in [-0.39, 0.29) is 11.8 Å². The smallest absolute Gasteiger partial charge is 0.160 e. The minimum Gasteiger partial charge on any atom is -0.493 e. The van der Waals surface area contributed by atoms with Gasteiger partial charge in [0.15, 0.2) is 17.3 Å². The lowest BCUT2D eigenvalue weighted by atomic mass is 9.95. The van der Waals surface area contributed by atoms with Gasteiger partial charge in [0.2, 0.25) is 0 Å². The van der Waals surface area contributed by atoms with Crippen molar-refractivity contribution >= 4 is 11.5 Å². The maximum absolute atomic E-state index is 12.2. The summed E-state index contributed by atoms with van der Waals surface area (Å²) < 4.78 is 10.8. The van der Waals surface area contributed by atoms with Crippen LogP contribution in [0.1, 0.15) is 49.8 Å². The summed E-state index contributed by atoms with van der Waals surface area (Å²) in [6.07, 6.45) is 4.53. The Kier molecular flexibility index (Phi) is 7.50. The van der Waals surface area contributed by atoms with Crippen LogP contribution in [0.2, 0.25) is 0 Å². The molecule has 160 valence electrons. The third-order valence-electron chi connectivity index (χ3n) is 5.72. The Bertz CT molecular complexity index is 907. The summed E-state index contributed by atoms with van der Waals surface area (Å²) in [7, 11) is 3.31. The molecule has 0 fully saturated rings. The summed E-state index contributed by atoms with van der Waals surface area (Å²) in [6, 6.07) is 14.5. The fourth-order valence-electron chi connectivity index (χ4n) is 4.05. The molecule has 1 atom stereocenters. The molecule has 0 N–H and O–H groups in total. The van der Waals surface area contributed by atoms with Gasteiger partial charge in [0, 0.05) is 18.7 Å². The topological polar surface area (TPSA) is 51.1 Å². The molecule has 0 spiro atoms. The van der Waals surface area contributed by atoms with Gasteiger partial charge in [0.25, 0.3) is 0 Å². The van der Waals surface area contributed by atoms with Crippen LogP contribution in [-0.4, -0.2) is 43.3 Å². The van der Waals surface area contributed by atoms with Crippen molar-refractivity contribution in [1.82, 2.24) is 5.01 Å². The number of hydrazone groups is 1. The van der Waals surface area contributed by atoms with Gasteiger partial charge in [-0.15, -0.1) is 0 Å². The van der Waals surface area contributed by atoms with E-state index in [4.69, 9.17) is 9.47 Å². The highest BCUT2D eigenvalue weighted by Crippen LogP contribution is 2.29. The summed E-state index contributed by atoms with van der Waals surface area (Å²) in [6.45, 7) is 4.56. The first-order valence-corrected chi connectivity index (χ1v) is 10.6. The number of carbonyl (C=O) groups is 1. The Morgan fingerprint density at radius 1 is 1.10 bits per heavy atom. The van der Waals surface area contributed by atoms with Crippen molar-refractivity contribution in [1.29, 1.82) is 0 Å². The van der Waals surface area contributed by atoms with E-state index in [9.17, 15) is 4.79 Å². The fourth-order valence-corrected chi connectivity index (χ4v) is 4.05. The SMILES string of the molecule is COc1ccc(Cc2ccccc2CCCC(C(C)=O)N2CCC(C)=N2)cc1OC. The fraction of sp³-hybridized carbons (Fsp3) is 0.440. The molecule has 1 aliphatic rings. The van der Waals surface area contributed by atoms with E-state index in [1.54, 1.807) is 21.1 Å². The zero-order chi connectivity index (χ0) is 21.5. The van der Waals surface area contributed by atoms with Gasteiger partial charge in [-0.3, -0.25) is 9.80 Å². The summed E-state index contributed by atoms with van der Waals surface area (Å²) >= 11 is 0. The molecule has 5 nitrogen and oxygen atoms in total. The molecule has 0 aliphatic carbocycles. The monoisotopic (exact) mass is 408 g/mol. The number of benzene rings is 2. The van der Waals surface area contributed by atoms with Crippen LogP contribution < -0.4 is 9.47 Å². The van der Waals surface area contributed by atoms with Gasteiger partial charge >= 0.3 is 0 Å². The number of Topliss-reactive ketones (excluding diaryl/α,β-unsaturated/α-hetero) is 1. The standard InChI is InChI=1S/C25H32N2O3/c1-18-14-15-27(26-18)23(19(2)28)11-7-10-21-8-5-6-9-22(21)16-20-12-13-24(29-3)25(17-20)30-4/h5-6,8-9,12-13,17,23H,7,10-11,14-16H2,1-4H3. The lowest BCUT2D eigenvalue weighted by Crippen LogP contribution is -2.35. The highest BCUT2D eigenvalue weighted by atomic mass is 16.5. The van der Waals surface area contributed by atoms with Gasteiger partial charge in [-0.25, -0.2) is 0 Å². The first kappa shape index (κ1) is 21.9. The minimum absolute atomic E-state index is 0.111. The zero-order valence-electron chi connectivity index (χ0n) is 18.5. The van der Waals surface area contributed by atoms with Crippen LogP contribution >= 0.6 is 0 Å². The van der Waals surface area contributed by atoms with Crippen LogP contribution in [0.3, 0.4) is 0 Å². The number of nitrogens with zero attached hydrogens (tertiary/aromatic N) is 2. The molecule has 1 unspecified atom stereocenters. The van der Waals surface area contributed by atoms with Crippen molar-refractivity contribution in [3.05, 3.63) is 59.2 Å². The van der Waals surface area contributed by atoms with Gasteiger partial charge in [-0.2, -0.15) is 5.10 Å². The second kappa shape index (κ2) is 10.3. The van der Waals surface area contributed by atoms with E-state index in [0.717, 1.165) is 55.9 Å². The largest absolute Gasteiger partial charge is 0.493 e. The molecule has 30 heavy (non-hydrogen) atoms. The molecule has 5 heteroatoms. The molecule has 0 saturated heterocycles. The molecule has 1 aliphatic heterocycles. The van der Waals surface area contributed by atoms with Crippen molar-refractivity contribution in [2.45, 2.75) is 52.0 Å². The predicted molar refractivity (Wildman–Crippen MR) is 121 cm³/mol. The number of aryl methyl sites for hydroxylation is 1. The van der Waals surface area contributed by atoms with Gasteiger partial charge < -0.3 is 9.47 Å². The van der Waals surface area contributed by atoms with E-state index < -0.39 is 0 Å². The molecule has 3 rings (SSSR count). The molecule has 0 radical (unpaired) electrons. The second-order valence-corrected chi connectivity index (χ2v) is 7.90. The van der Waals surface area contributed by atoms with E-state index >= 15 is 0 Å². The Balaban J connectivity index is 1.66. The molecule has 0 saturated carbocycles. The maximum Gasteiger partial charge on any atom is 0.160 e. The van der Waals surface area contributed by atoms with Crippen LogP contribution in [0.15, 0.2) is 47.6 Å². The molecule has 1 heterocycles. The van der Waals surface area contributed by atoms with Gasteiger partial charge in [-0.05, 0) is 68.4 Å². The quantitative estimate of drug-likeness (QED) is 0.574. The van der Waals surface area contributed by atoms with Crippen LogP contribution in [0.4, 0.5) is 0 Å². The second-order valence-electron chi connectivity index (χ2n) is 7.90. The number of hydrogen-bond acceptors (Lipinski definition) is 5. The first-order chi connectivity index (χ1) is 14.5. The van der Waals surface area contributed by atoms with Gasteiger partial charge in [-0.1, -0.05) is 30.3 Å². The average Bonchev–Trinajstić information content (AvgIpc) is 3.17. The van der Waals surface area contributed by atoms with Crippen molar-refractivity contribution in [2.24, 2.45) is 5.10 Å². The molecular weight excluding hydrogens is 376 g/mol. The highest BCUT2D eigenvalue weighted by Gasteiger charge is 2.24. The number of hydrogen-bond donors (Lipinski definition) is 0. The number of carbonyl (C=O) groups excluding carboxylic acids is 1. The summed E-state index contributed by atoms with van der Waals surface area (Å²) in [5.41, 5.74) is 4.93. The third kappa shape index (κ3) is 5.41. The Morgan fingerprint density at radius 3 is 2.47 bits per heavy atom. The molecule has 0 aromatic heterocycles. The lowest BCUT2D eigenvalue weighted by molar-refractivity contribution is -0.122. The van der Waals surface area contributed by atoms with Crippen molar-refractivity contribution in [2.75, 3.05) is 20.8 Å². The lowest BCUT2D eigenvalue weighted by Gasteiger charge is -2.24. The molecule has 0 amide bonds. The van der Waals surface area contributed by atoms with Crippen molar-refractivity contribution in [3.8, 4) is 11.5 Å². The van der Waals surface area contributed by atoms with E-state index in [1.807, 2.05) is 24.1 Å². The summed E-state index contributed by atoms with van der Waals surface area (Å²) in [5, 5.41) is 6.53. The highest BCUT2D eigenvalue weighted by molar-refractivity contribution is 5.85. The Hall–Kier alpha value is -2.82. The normalized spacial score (nSPS) is 14.4. The molecular formula is C25H32N2O3. The molecule has 2 aromatic carbocycles. The number of rotatable bonds is 10. The van der Waals surface area contributed by atoms with Gasteiger partial charge in [0.1, 0.15) is 6.04 Å².